The molecule has 2 N–H and O–H groups in total. The van der Waals surface area contributed by atoms with Crippen molar-refractivity contribution in [1.29, 1.82) is 0 Å². The molecule has 0 aliphatic carbocycles. The van der Waals surface area contributed by atoms with Crippen LogP contribution in [-0.2, 0) is 9.09 Å². The van der Waals surface area contributed by atoms with Crippen molar-refractivity contribution in [3.8, 4) is 0 Å². The smallest absolute Gasteiger partial charge is 0.303 e. The minimum absolute atomic E-state index is 1.61. The van der Waals surface area contributed by atoms with Crippen LogP contribution in [0.4, 0.5) is 57.1 Å². The quantitative estimate of drug-likeness (QED) is 0.347. The number of hydrogen-bond donors (Lipinski definition) is 2. The van der Waals surface area contributed by atoms with Gasteiger partial charge in [0.2, 0.25) is 0 Å². The van der Waals surface area contributed by atoms with E-state index in [1.54, 1.807) is 0 Å². The average Bonchev–Trinajstić information content (AvgIpc) is 2.31. The lowest BCUT2D eigenvalue weighted by atomic mass is 9.94. The van der Waals surface area contributed by atoms with Gasteiger partial charge in [-0.1, -0.05) is 0 Å². The lowest BCUT2D eigenvalue weighted by Gasteiger charge is -2.35. The molecule has 0 radical (unpaired) electrons. The van der Waals surface area contributed by atoms with Crippen LogP contribution in [0.15, 0.2) is 0 Å². The van der Waals surface area contributed by atoms with Crippen molar-refractivity contribution in [3.05, 3.63) is 0 Å². The molecular weight excluding hydrogens is 462 g/mol. The Labute approximate surface area is 146 Å². The van der Waals surface area contributed by atoms with E-state index >= 15 is 0 Å². The van der Waals surface area contributed by atoms with Crippen LogP contribution in [0.5, 0.6) is 0 Å². The molecule has 170 valence electrons. The first-order valence-corrected chi connectivity index (χ1v) is 8.06. The Bertz CT molecular complexity index is 582. The van der Waals surface area contributed by atoms with E-state index in [1.807, 2.05) is 0 Å². The monoisotopic (exact) mass is 472 g/mol. The van der Waals surface area contributed by atoms with Crippen molar-refractivity contribution in [2.75, 3.05) is 6.61 Å². The van der Waals surface area contributed by atoms with E-state index < -0.39 is 69.5 Å². The van der Waals surface area contributed by atoms with Gasteiger partial charge in [0.25, 0.3) is 11.8 Å². The molecule has 0 heterocycles. The van der Waals surface area contributed by atoms with Crippen LogP contribution in [0.3, 0.4) is 0 Å². The normalized spacial score (nSPS) is 15.8. The Balaban J connectivity index is 5.37. The number of hydrogen-bond acceptors (Lipinski definition) is 2. The van der Waals surface area contributed by atoms with Crippen molar-refractivity contribution in [3.63, 3.8) is 0 Å². The van der Waals surface area contributed by atoms with Crippen molar-refractivity contribution >= 4 is 7.82 Å². The number of halogens is 13. The van der Waals surface area contributed by atoms with Crippen molar-refractivity contribution in [1.82, 2.24) is 0 Å². The third-order valence-electron chi connectivity index (χ3n) is 2.93. The molecule has 0 amide bonds. The Hall–Kier alpha value is -0.800. The van der Waals surface area contributed by atoms with Crippen LogP contribution in [0.25, 0.3) is 0 Å². The summed E-state index contributed by atoms with van der Waals surface area (Å²) in [5.74, 6) is -32.0. The molecule has 0 atom stereocenters. The summed E-state index contributed by atoms with van der Waals surface area (Å²) >= 11 is 0. The van der Waals surface area contributed by atoms with Crippen molar-refractivity contribution in [2.24, 2.45) is 0 Å². The zero-order valence-corrected chi connectivity index (χ0v) is 13.8. The predicted octanol–water partition coefficient (Wildman–Crippen LogP) is 5.00. The molecule has 0 aromatic carbocycles. The Morgan fingerprint density at radius 1 is 0.679 bits per heavy atom. The maximum atomic E-state index is 13.3. The van der Waals surface area contributed by atoms with Crippen LogP contribution in [0.1, 0.15) is 19.3 Å². The molecule has 0 saturated carbocycles. The first-order valence-electron chi connectivity index (χ1n) is 6.53. The second-order valence-corrected chi connectivity index (χ2v) is 6.73. The minimum Gasteiger partial charge on any atom is -0.303 e. The molecule has 0 spiro atoms. The minimum atomic E-state index is -7.46. The first kappa shape index (κ1) is 27.2. The van der Waals surface area contributed by atoms with Gasteiger partial charge in [-0.15, -0.1) is 0 Å². The fraction of sp³-hybridized carbons (Fsp3) is 1.00. The lowest BCUT2D eigenvalue weighted by molar-refractivity contribution is -0.401. The van der Waals surface area contributed by atoms with E-state index in [0.29, 0.717) is 0 Å². The highest BCUT2D eigenvalue weighted by atomic mass is 31.2. The first-order chi connectivity index (χ1) is 11.9. The SMILES string of the molecule is O=P(O)(O)OCCC(F)(F)CC(F)(F)CC(F)(F)C(F)(F)C(F)(F)C(F)(F)F. The zero-order valence-electron chi connectivity index (χ0n) is 12.9. The van der Waals surface area contributed by atoms with E-state index in [4.69, 9.17) is 9.79 Å². The van der Waals surface area contributed by atoms with Gasteiger partial charge in [-0.05, 0) is 0 Å². The molecule has 0 bridgehead atoms. The summed E-state index contributed by atoms with van der Waals surface area (Å²) < 4.78 is 179. The molecule has 0 aliphatic rings. The Morgan fingerprint density at radius 2 is 1.11 bits per heavy atom. The number of phosphoric ester groups is 1. The van der Waals surface area contributed by atoms with E-state index in [-0.39, 0.29) is 0 Å². The van der Waals surface area contributed by atoms with Crippen LogP contribution < -0.4 is 0 Å². The van der Waals surface area contributed by atoms with Gasteiger partial charge in [-0.25, -0.2) is 22.1 Å². The van der Waals surface area contributed by atoms with Gasteiger partial charge in [0, 0.05) is 6.42 Å². The molecule has 28 heavy (non-hydrogen) atoms. The molecule has 0 aliphatic heterocycles. The van der Waals surface area contributed by atoms with Crippen LogP contribution in [-0.4, -0.2) is 52.2 Å². The number of alkyl halides is 13. The molecule has 18 heteroatoms. The van der Waals surface area contributed by atoms with Crippen LogP contribution >= 0.6 is 7.82 Å². The van der Waals surface area contributed by atoms with E-state index in [0.717, 1.165) is 0 Å². The van der Waals surface area contributed by atoms with E-state index in [9.17, 15) is 61.6 Å². The molecule has 0 aromatic heterocycles. The molecule has 0 aromatic rings. The molecule has 0 unspecified atom stereocenters. The van der Waals surface area contributed by atoms with Crippen LogP contribution in [0, 0.1) is 0 Å². The summed E-state index contributed by atoms with van der Waals surface area (Å²) in [6.45, 7) is -1.61. The predicted molar refractivity (Wildman–Crippen MR) is 62.6 cm³/mol. The van der Waals surface area contributed by atoms with E-state index in [1.165, 1.54) is 0 Å². The van der Waals surface area contributed by atoms with Crippen molar-refractivity contribution in [2.45, 2.75) is 55.1 Å². The fourth-order valence-corrected chi connectivity index (χ4v) is 2.02. The third-order valence-corrected chi connectivity index (χ3v) is 3.45. The lowest BCUT2D eigenvalue weighted by Crippen LogP contribution is -2.62. The fourth-order valence-electron chi connectivity index (χ4n) is 1.69. The number of phosphoric acid groups is 1. The highest BCUT2D eigenvalue weighted by Crippen LogP contribution is 2.56. The molecule has 0 saturated heterocycles. The average molecular weight is 472 g/mol. The Kier molecular flexibility index (Phi) is 7.57. The van der Waals surface area contributed by atoms with Gasteiger partial charge < -0.3 is 9.79 Å². The van der Waals surface area contributed by atoms with Gasteiger partial charge in [0.05, 0.1) is 19.4 Å². The van der Waals surface area contributed by atoms with Gasteiger partial charge in [-0.3, -0.25) is 4.52 Å². The highest BCUT2D eigenvalue weighted by molar-refractivity contribution is 7.46. The second kappa shape index (κ2) is 7.80. The second-order valence-electron chi connectivity index (χ2n) is 5.49. The highest BCUT2D eigenvalue weighted by Gasteiger charge is 2.82. The summed E-state index contributed by atoms with van der Waals surface area (Å²) in [7, 11) is -5.32. The topological polar surface area (TPSA) is 66.8 Å². The van der Waals surface area contributed by atoms with E-state index in [2.05, 4.69) is 4.52 Å². The van der Waals surface area contributed by atoms with Crippen LogP contribution in [0.2, 0.25) is 0 Å². The summed E-state index contributed by atoms with van der Waals surface area (Å²) in [6, 6.07) is 0. The summed E-state index contributed by atoms with van der Waals surface area (Å²) in [5, 5.41) is 0. The zero-order chi connectivity index (χ0) is 23.0. The molecular formula is C10H10F13O4P. The molecule has 0 fully saturated rings. The standard InChI is InChI=1S/C10H10F13O4P/c11-5(12,1-2-27-28(24,25)26)3-6(13,14)4-7(15,16)8(17,18)9(19,20)10(21,22)23/h1-4H2,(H2,24,25,26). The van der Waals surface area contributed by atoms with Gasteiger partial charge in [0.1, 0.15) is 0 Å². The largest absolute Gasteiger partial charge is 0.469 e. The number of rotatable bonds is 10. The van der Waals surface area contributed by atoms with Crippen molar-refractivity contribution < 1.29 is 76.0 Å². The van der Waals surface area contributed by atoms with Gasteiger partial charge >= 0.3 is 31.8 Å². The molecule has 0 rings (SSSR count). The third kappa shape index (κ3) is 6.91. The summed E-state index contributed by atoms with van der Waals surface area (Å²) in [5.41, 5.74) is 0. The molecule has 4 nitrogen and oxygen atoms in total. The van der Waals surface area contributed by atoms with Gasteiger partial charge in [-0.2, -0.15) is 39.5 Å². The Morgan fingerprint density at radius 3 is 1.46 bits per heavy atom. The summed E-state index contributed by atoms with van der Waals surface area (Å²) in [4.78, 5) is 16.4. The van der Waals surface area contributed by atoms with Gasteiger partial charge in [0.15, 0.2) is 0 Å². The summed E-state index contributed by atoms with van der Waals surface area (Å²) in [6.07, 6.45) is -16.0. The maximum absolute atomic E-state index is 13.3. The maximum Gasteiger partial charge on any atom is 0.469 e.